The lowest BCUT2D eigenvalue weighted by molar-refractivity contribution is 0.269. The van der Waals surface area contributed by atoms with Crippen LogP contribution >= 0.6 is 11.5 Å². The van der Waals surface area contributed by atoms with E-state index < -0.39 is 0 Å². The van der Waals surface area contributed by atoms with Crippen molar-refractivity contribution in [2.75, 3.05) is 0 Å². The van der Waals surface area contributed by atoms with Gasteiger partial charge in [0.25, 0.3) is 5.56 Å². The van der Waals surface area contributed by atoms with E-state index in [1.807, 2.05) is 17.5 Å². The highest BCUT2D eigenvalue weighted by Gasteiger charge is 2.24. The molecule has 0 bridgehead atoms. The lowest BCUT2D eigenvalue weighted by atomic mass is 9.91. The van der Waals surface area contributed by atoms with Crippen LogP contribution in [-0.4, -0.2) is 30.4 Å². The molecule has 26 heavy (non-hydrogen) atoms. The average Bonchev–Trinajstić information content (AvgIpc) is 3.22. The Labute approximate surface area is 155 Å². The van der Waals surface area contributed by atoms with Gasteiger partial charge in [-0.15, -0.1) is 5.10 Å². The standard InChI is InChI=1S/C18H20N6OS/c25-18-6-5-17(13-7-9-19-10-8-13)22-24(18)16-3-1-14(2-4-16)20-11-15-12-26-23-21-15/h5-10,12,14,16,20H,1-4,11H2. The second-order valence-corrected chi connectivity index (χ2v) is 7.13. The molecule has 0 saturated heterocycles. The van der Waals surface area contributed by atoms with Gasteiger partial charge in [0.15, 0.2) is 0 Å². The van der Waals surface area contributed by atoms with Crippen molar-refractivity contribution in [3.05, 3.63) is 58.1 Å². The van der Waals surface area contributed by atoms with Gasteiger partial charge in [0.2, 0.25) is 0 Å². The molecule has 1 aliphatic carbocycles. The second-order valence-electron chi connectivity index (χ2n) is 6.52. The summed E-state index contributed by atoms with van der Waals surface area (Å²) < 4.78 is 5.55. The Morgan fingerprint density at radius 2 is 1.92 bits per heavy atom. The van der Waals surface area contributed by atoms with Gasteiger partial charge < -0.3 is 5.32 Å². The maximum absolute atomic E-state index is 12.3. The third kappa shape index (κ3) is 3.86. The maximum atomic E-state index is 12.3. The molecule has 0 spiro atoms. The molecule has 3 heterocycles. The van der Waals surface area contributed by atoms with E-state index >= 15 is 0 Å². The molecular weight excluding hydrogens is 348 g/mol. The SMILES string of the molecule is O=c1ccc(-c2ccncc2)nn1C1CCC(NCc2csnn2)CC1. The quantitative estimate of drug-likeness (QED) is 0.744. The van der Waals surface area contributed by atoms with Gasteiger partial charge in [0.1, 0.15) is 0 Å². The van der Waals surface area contributed by atoms with Crippen LogP contribution in [0.15, 0.2) is 46.8 Å². The van der Waals surface area contributed by atoms with Gasteiger partial charge >= 0.3 is 0 Å². The fourth-order valence-corrected chi connectivity index (χ4v) is 3.85. The van der Waals surface area contributed by atoms with Crippen molar-refractivity contribution in [3.63, 3.8) is 0 Å². The number of rotatable bonds is 5. The molecule has 0 atom stereocenters. The van der Waals surface area contributed by atoms with Crippen LogP contribution in [0.25, 0.3) is 11.3 Å². The fourth-order valence-electron chi connectivity index (χ4n) is 3.40. The zero-order valence-electron chi connectivity index (χ0n) is 14.3. The number of nitrogens with zero attached hydrogens (tertiary/aromatic N) is 5. The molecule has 7 nitrogen and oxygen atoms in total. The fraction of sp³-hybridized carbons (Fsp3) is 0.389. The molecule has 134 valence electrons. The Kier molecular flexibility index (Phi) is 5.12. The summed E-state index contributed by atoms with van der Waals surface area (Å²) in [6.07, 6.45) is 7.41. The van der Waals surface area contributed by atoms with Crippen LogP contribution in [0.2, 0.25) is 0 Å². The van der Waals surface area contributed by atoms with Crippen LogP contribution in [0.1, 0.15) is 37.4 Å². The minimum absolute atomic E-state index is 0.0345. The third-order valence-electron chi connectivity index (χ3n) is 4.82. The number of aromatic nitrogens is 5. The van der Waals surface area contributed by atoms with Gasteiger partial charge in [0, 0.05) is 42.0 Å². The van der Waals surface area contributed by atoms with E-state index in [2.05, 4.69) is 25.0 Å². The smallest absolute Gasteiger partial charge is 0.267 e. The molecule has 3 aromatic rings. The lowest BCUT2D eigenvalue weighted by Gasteiger charge is -2.29. The van der Waals surface area contributed by atoms with E-state index in [1.165, 1.54) is 11.5 Å². The first-order valence-corrected chi connectivity index (χ1v) is 9.63. The summed E-state index contributed by atoms with van der Waals surface area (Å²) in [6, 6.07) is 7.82. The van der Waals surface area contributed by atoms with E-state index in [1.54, 1.807) is 29.2 Å². The van der Waals surface area contributed by atoms with Crippen molar-refractivity contribution in [2.45, 2.75) is 44.3 Å². The average molecular weight is 368 g/mol. The minimum atomic E-state index is -0.0345. The molecule has 0 aliphatic heterocycles. The zero-order valence-corrected chi connectivity index (χ0v) is 15.1. The van der Waals surface area contributed by atoms with E-state index in [-0.39, 0.29) is 11.6 Å². The molecule has 0 amide bonds. The summed E-state index contributed by atoms with van der Waals surface area (Å²) in [5, 5.41) is 14.2. The van der Waals surface area contributed by atoms with Crippen LogP contribution < -0.4 is 10.9 Å². The minimum Gasteiger partial charge on any atom is -0.308 e. The molecule has 3 aromatic heterocycles. The molecule has 1 aliphatic rings. The highest BCUT2D eigenvalue weighted by molar-refractivity contribution is 7.03. The highest BCUT2D eigenvalue weighted by Crippen LogP contribution is 2.27. The van der Waals surface area contributed by atoms with E-state index in [0.717, 1.165) is 49.2 Å². The third-order valence-corrected chi connectivity index (χ3v) is 5.37. The Morgan fingerprint density at radius 3 is 2.65 bits per heavy atom. The van der Waals surface area contributed by atoms with Gasteiger partial charge in [-0.25, -0.2) is 4.68 Å². The topological polar surface area (TPSA) is 85.6 Å². The van der Waals surface area contributed by atoms with Gasteiger partial charge in [-0.05, 0) is 55.4 Å². The Hall–Kier alpha value is -2.45. The molecule has 0 unspecified atom stereocenters. The first-order chi connectivity index (χ1) is 12.8. The summed E-state index contributed by atoms with van der Waals surface area (Å²) >= 11 is 1.37. The monoisotopic (exact) mass is 368 g/mol. The summed E-state index contributed by atoms with van der Waals surface area (Å²) in [7, 11) is 0. The number of nitrogens with one attached hydrogen (secondary N) is 1. The summed E-state index contributed by atoms with van der Waals surface area (Å²) in [5.41, 5.74) is 2.73. The maximum Gasteiger partial charge on any atom is 0.267 e. The van der Waals surface area contributed by atoms with Crippen molar-refractivity contribution >= 4 is 11.5 Å². The number of hydrogen-bond acceptors (Lipinski definition) is 7. The van der Waals surface area contributed by atoms with Crippen molar-refractivity contribution in [1.82, 2.24) is 29.7 Å². The summed E-state index contributed by atoms with van der Waals surface area (Å²) in [5.74, 6) is 0. The molecule has 8 heteroatoms. The molecule has 0 aromatic carbocycles. The molecule has 4 rings (SSSR count). The largest absolute Gasteiger partial charge is 0.308 e. The molecule has 1 N–H and O–H groups in total. The van der Waals surface area contributed by atoms with Crippen molar-refractivity contribution < 1.29 is 0 Å². The van der Waals surface area contributed by atoms with Gasteiger partial charge in [0.05, 0.1) is 17.4 Å². The van der Waals surface area contributed by atoms with Crippen LogP contribution in [0, 0.1) is 0 Å². The van der Waals surface area contributed by atoms with Gasteiger partial charge in [-0.2, -0.15) is 5.10 Å². The van der Waals surface area contributed by atoms with E-state index in [0.29, 0.717) is 6.04 Å². The molecule has 1 fully saturated rings. The number of pyridine rings is 1. The van der Waals surface area contributed by atoms with Crippen molar-refractivity contribution in [3.8, 4) is 11.3 Å². The molecule has 1 saturated carbocycles. The Morgan fingerprint density at radius 1 is 1.12 bits per heavy atom. The van der Waals surface area contributed by atoms with Gasteiger partial charge in [-0.3, -0.25) is 9.78 Å². The van der Waals surface area contributed by atoms with Gasteiger partial charge in [-0.1, -0.05) is 4.49 Å². The summed E-state index contributed by atoms with van der Waals surface area (Å²) in [4.78, 5) is 16.4. The first-order valence-electron chi connectivity index (χ1n) is 8.79. The zero-order chi connectivity index (χ0) is 17.8. The predicted molar refractivity (Wildman–Crippen MR) is 99.8 cm³/mol. The number of hydrogen-bond donors (Lipinski definition) is 1. The van der Waals surface area contributed by atoms with Crippen LogP contribution in [-0.2, 0) is 6.54 Å². The van der Waals surface area contributed by atoms with E-state index in [9.17, 15) is 4.79 Å². The normalized spacial score (nSPS) is 20.2. The lowest BCUT2D eigenvalue weighted by Crippen LogP contribution is -2.36. The molecular formula is C18H20N6OS. The summed E-state index contributed by atoms with van der Waals surface area (Å²) in [6.45, 7) is 0.752. The van der Waals surface area contributed by atoms with Crippen molar-refractivity contribution in [2.24, 2.45) is 0 Å². The van der Waals surface area contributed by atoms with E-state index in [4.69, 9.17) is 0 Å². The van der Waals surface area contributed by atoms with Crippen molar-refractivity contribution in [1.29, 1.82) is 0 Å². The van der Waals surface area contributed by atoms with Crippen LogP contribution in [0.3, 0.4) is 0 Å². The predicted octanol–water partition coefficient (Wildman–Crippen LogP) is 2.43. The van der Waals surface area contributed by atoms with Crippen LogP contribution in [0.5, 0.6) is 0 Å². The van der Waals surface area contributed by atoms with Crippen LogP contribution in [0.4, 0.5) is 0 Å². The second kappa shape index (κ2) is 7.84. The Balaban J connectivity index is 1.41. The highest BCUT2D eigenvalue weighted by atomic mass is 32.1. The first kappa shape index (κ1) is 17.0. The molecule has 0 radical (unpaired) electrons. The Bertz CT molecular complexity index is 888.